The summed E-state index contributed by atoms with van der Waals surface area (Å²) < 4.78 is 4.25. The van der Waals surface area contributed by atoms with Gasteiger partial charge in [-0.1, -0.05) is 12.1 Å². The molecule has 130 valence electrons. The Hall–Kier alpha value is -2.41. The number of carbonyl (C=O) groups is 1. The second-order valence-corrected chi connectivity index (χ2v) is 6.90. The predicted molar refractivity (Wildman–Crippen MR) is 101 cm³/mol. The second-order valence-electron chi connectivity index (χ2n) is 6.11. The summed E-state index contributed by atoms with van der Waals surface area (Å²) in [4.78, 5) is 12.6. The second kappa shape index (κ2) is 6.84. The first-order valence-corrected chi connectivity index (χ1v) is 8.75. The van der Waals surface area contributed by atoms with Crippen molar-refractivity contribution < 1.29 is 4.79 Å². The molecular formula is C18H20BrN5O. The first-order valence-electron chi connectivity index (χ1n) is 7.95. The molecule has 0 bridgehead atoms. The van der Waals surface area contributed by atoms with Gasteiger partial charge in [-0.05, 0) is 60.5 Å². The van der Waals surface area contributed by atoms with Crippen LogP contribution in [0.5, 0.6) is 0 Å². The maximum Gasteiger partial charge on any atom is 0.275 e. The maximum atomic E-state index is 12.6. The standard InChI is InChI=1S/C18H20BrN5O/c1-11-8-12(2)24(21-11)10-14-6-5-7-15(9-14)20-18(25)17-16(19)13(3)22-23(17)4/h5-9H,10H2,1-4H3,(H,20,25). The molecular weight excluding hydrogens is 382 g/mol. The molecule has 2 aromatic heterocycles. The number of hydrogen-bond acceptors (Lipinski definition) is 3. The van der Waals surface area contributed by atoms with Crippen molar-refractivity contribution in [3.8, 4) is 0 Å². The van der Waals surface area contributed by atoms with E-state index in [0.29, 0.717) is 16.7 Å². The average molecular weight is 402 g/mol. The number of nitrogens with one attached hydrogen (secondary N) is 1. The Balaban J connectivity index is 1.80. The molecule has 1 aromatic carbocycles. The summed E-state index contributed by atoms with van der Waals surface area (Å²) in [5.74, 6) is -0.196. The van der Waals surface area contributed by atoms with E-state index in [9.17, 15) is 4.79 Å². The molecule has 0 radical (unpaired) electrons. The van der Waals surface area contributed by atoms with E-state index in [1.165, 1.54) is 0 Å². The van der Waals surface area contributed by atoms with E-state index < -0.39 is 0 Å². The summed E-state index contributed by atoms with van der Waals surface area (Å²) in [6.07, 6.45) is 0. The molecule has 3 aromatic rings. The third kappa shape index (κ3) is 3.66. The van der Waals surface area contributed by atoms with Crippen molar-refractivity contribution >= 4 is 27.5 Å². The van der Waals surface area contributed by atoms with Crippen molar-refractivity contribution in [2.24, 2.45) is 7.05 Å². The molecule has 0 atom stereocenters. The fourth-order valence-electron chi connectivity index (χ4n) is 2.82. The first kappa shape index (κ1) is 17.4. The highest BCUT2D eigenvalue weighted by Gasteiger charge is 2.18. The zero-order chi connectivity index (χ0) is 18.1. The van der Waals surface area contributed by atoms with Crippen LogP contribution in [0, 0.1) is 20.8 Å². The van der Waals surface area contributed by atoms with Crippen molar-refractivity contribution in [3.05, 3.63) is 63.1 Å². The van der Waals surface area contributed by atoms with Gasteiger partial charge in [0.05, 0.1) is 22.4 Å². The number of halogens is 1. The van der Waals surface area contributed by atoms with Gasteiger partial charge in [0.1, 0.15) is 5.69 Å². The molecule has 0 fully saturated rings. The van der Waals surface area contributed by atoms with Gasteiger partial charge < -0.3 is 5.32 Å². The van der Waals surface area contributed by atoms with Crippen LogP contribution in [0.1, 0.15) is 33.1 Å². The normalized spacial score (nSPS) is 10.9. The Morgan fingerprint density at radius 2 is 1.96 bits per heavy atom. The molecule has 0 spiro atoms. The number of benzene rings is 1. The van der Waals surface area contributed by atoms with E-state index in [1.807, 2.05) is 55.8 Å². The lowest BCUT2D eigenvalue weighted by atomic mass is 10.2. The zero-order valence-corrected chi connectivity index (χ0v) is 16.3. The summed E-state index contributed by atoms with van der Waals surface area (Å²) in [5, 5.41) is 11.7. The lowest BCUT2D eigenvalue weighted by Crippen LogP contribution is -2.17. The van der Waals surface area contributed by atoms with Gasteiger partial charge in [0, 0.05) is 18.4 Å². The molecule has 6 nitrogen and oxygen atoms in total. The number of aryl methyl sites for hydroxylation is 4. The monoisotopic (exact) mass is 401 g/mol. The van der Waals surface area contributed by atoms with Crippen LogP contribution in [0.25, 0.3) is 0 Å². The lowest BCUT2D eigenvalue weighted by molar-refractivity contribution is 0.101. The fraction of sp³-hybridized carbons (Fsp3) is 0.278. The quantitative estimate of drug-likeness (QED) is 0.725. The van der Waals surface area contributed by atoms with E-state index in [-0.39, 0.29) is 5.91 Å². The number of carbonyl (C=O) groups excluding carboxylic acids is 1. The molecule has 0 saturated carbocycles. The van der Waals surface area contributed by atoms with E-state index in [4.69, 9.17) is 0 Å². The smallest absolute Gasteiger partial charge is 0.275 e. The third-order valence-corrected chi connectivity index (χ3v) is 4.93. The van der Waals surface area contributed by atoms with Gasteiger partial charge in [-0.2, -0.15) is 10.2 Å². The Kier molecular flexibility index (Phi) is 4.76. The summed E-state index contributed by atoms with van der Waals surface area (Å²) in [7, 11) is 1.76. The number of nitrogens with zero attached hydrogens (tertiary/aromatic N) is 4. The number of hydrogen-bond donors (Lipinski definition) is 1. The highest BCUT2D eigenvalue weighted by atomic mass is 79.9. The molecule has 3 rings (SSSR count). The minimum Gasteiger partial charge on any atom is -0.321 e. The summed E-state index contributed by atoms with van der Waals surface area (Å²) in [5.41, 5.74) is 5.21. The zero-order valence-electron chi connectivity index (χ0n) is 14.7. The van der Waals surface area contributed by atoms with Crippen LogP contribution in [-0.2, 0) is 13.6 Å². The van der Waals surface area contributed by atoms with Crippen LogP contribution >= 0.6 is 15.9 Å². The largest absolute Gasteiger partial charge is 0.321 e. The van der Waals surface area contributed by atoms with Crippen molar-refractivity contribution in [1.82, 2.24) is 19.6 Å². The number of rotatable bonds is 4. The van der Waals surface area contributed by atoms with E-state index in [1.54, 1.807) is 11.7 Å². The molecule has 1 amide bonds. The Morgan fingerprint density at radius 1 is 1.20 bits per heavy atom. The molecule has 2 heterocycles. The van der Waals surface area contributed by atoms with Gasteiger partial charge in [0.2, 0.25) is 0 Å². The topological polar surface area (TPSA) is 64.7 Å². The Labute approximate surface area is 155 Å². The van der Waals surface area contributed by atoms with Crippen molar-refractivity contribution in [2.45, 2.75) is 27.3 Å². The minimum atomic E-state index is -0.196. The number of aromatic nitrogens is 4. The molecule has 0 unspecified atom stereocenters. The number of anilines is 1. The van der Waals surface area contributed by atoms with Crippen LogP contribution in [0.3, 0.4) is 0 Å². The Bertz CT molecular complexity index is 941. The van der Waals surface area contributed by atoms with Gasteiger partial charge in [0.25, 0.3) is 5.91 Å². The molecule has 1 N–H and O–H groups in total. The van der Waals surface area contributed by atoms with Gasteiger partial charge in [0.15, 0.2) is 0 Å². The van der Waals surface area contributed by atoms with Crippen molar-refractivity contribution in [3.63, 3.8) is 0 Å². The molecule has 0 aliphatic rings. The van der Waals surface area contributed by atoms with E-state index in [2.05, 4.69) is 31.4 Å². The minimum absolute atomic E-state index is 0.196. The van der Waals surface area contributed by atoms with Gasteiger partial charge in [-0.3, -0.25) is 14.2 Å². The van der Waals surface area contributed by atoms with E-state index >= 15 is 0 Å². The SMILES string of the molecule is Cc1cc(C)n(Cc2cccc(NC(=O)c3c(Br)c(C)nn3C)c2)n1. The Morgan fingerprint density at radius 3 is 2.56 bits per heavy atom. The van der Waals surface area contributed by atoms with Gasteiger partial charge >= 0.3 is 0 Å². The maximum absolute atomic E-state index is 12.6. The average Bonchev–Trinajstić information content (AvgIpc) is 2.97. The molecule has 25 heavy (non-hydrogen) atoms. The lowest BCUT2D eigenvalue weighted by Gasteiger charge is -2.09. The third-order valence-electron chi connectivity index (χ3n) is 3.98. The summed E-state index contributed by atoms with van der Waals surface area (Å²) in [6, 6.07) is 9.84. The van der Waals surface area contributed by atoms with Crippen LogP contribution < -0.4 is 5.32 Å². The van der Waals surface area contributed by atoms with Crippen LogP contribution in [0.15, 0.2) is 34.8 Å². The van der Waals surface area contributed by atoms with Crippen LogP contribution in [-0.4, -0.2) is 25.5 Å². The molecule has 0 aliphatic carbocycles. The van der Waals surface area contributed by atoms with Crippen molar-refractivity contribution in [1.29, 1.82) is 0 Å². The predicted octanol–water partition coefficient (Wildman–Crippen LogP) is 3.60. The molecule has 0 aliphatic heterocycles. The van der Waals surface area contributed by atoms with E-state index in [0.717, 1.165) is 28.3 Å². The molecule has 0 saturated heterocycles. The summed E-state index contributed by atoms with van der Waals surface area (Å²) in [6.45, 7) is 6.54. The first-order chi connectivity index (χ1) is 11.8. The van der Waals surface area contributed by atoms with Gasteiger partial charge in [-0.25, -0.2) is 0 Å². The van der Waals surface area contributed by atoms with Crippen LogP contribution in [0.2, 0.25) is 0 Å². The molecule has 7 heteroatoms. The fourth-order valence-corrected chi connectivity index (χ4v) is 3.34. The highest BCUT2D eigenvalue weighted by molar-refractivity contribution is 9.10. The van der Waals surface area contributed by atoms with Gasteiger partial charge in [-0.15, -0.1) is 0 Å². The summed E-state index contributed by atoms with van der Waals surface area (Å²) >= 11 is 3.43. The van der Waals surface area contributed by atoms with Crippen LogP contribution in [0.4, 0.5) is 5.69 Å². The van der Waals surface area contributed by atoms with Crippen molar-refractivity contribution in [2.75, 3.05) is 5.32 Å². The highest BCUT2D eigenvalue weighted by Crippen LogP contribution is 2.22. The number of amides is 1.